The van der Waals surface area contributed by atoms with Gasteiger partial charge < -0.3 is 10.1 Å². The number of hydrogen-bond donors (Lipinski definition) is 1. The number of rotatable bonds is 6. The summed E-state index contributed by atoms with van der Waals surface area (Å²) >= 11 is 0. The Morgan fingerprint density at radius 1 is 0.947 bits per heavy atom. The second kappa shape index (κ2) is 6.95. The van der Waals surface area contributed by atoms with Crippen molar-refractivity contribution in [2.24, 2.45) is 0 Å². The van der Waals surface area contributed by atoms with E-state index in [1.165, 1.54) is 16.7 Å². The molecule has 0 fully saturated rings. The van der Waals surface area contributed by atoms with E-state index in [0.29, 0.717) is 6.61 Å². The zero-order valence-corrected chi connectivity index (χ0v) is 11.6. The lowest BCUT2D eigenvalue weighted by Crippen LogP contribution is -2.12. The summed E-state index contributed by atoms with van der Waals surface area (Å²) < 4.78 is 5.48. The van der Waals surface area contributed by atoms with Crippen LogP contribution < -0.4 is 10.1 Å². The molecule has 0 aliphatic rings. The van der Waals surface area contributed by atoms with Crippen LogP contribution in [0.2, 0.25) is 0 Å². The highest BCUT2D eigenvalue weighted by molar-refractivity contribution is 5.67. The third-order valence-electron chi connectivity index (χ3n) is 3.06. The molecule has 2 heteroatoms. The molecule has 0 unspecified atom stereocenters. The maximum Gasteiger partial charge on any atom is 0.119 e. The van der Waals surface area contributed by atoms with Crippen LogP contribution in [0.15, 0.2) is 48.5 Å². The zero-order valence-electron chi connectivity index (χ0n) is 11.6. The first kappa shape index (κ1) is 13.6. The van der Waals surface area contributed by atoms with E-state index in [9.17, 15) is 0 Å². The SMILES string of the molecule is CCNCc1ccccc1-c1ccc(OCC)cc1. The van der Waals surface area contributed by atoms with Gasteiger partial charge in [0.05, 0.1) is 6.61 Å². The molecule has 0 spiro atoms. The summed E-state index contributed by atoms with van der Waals surface area (Å²) in [5.74, 6) is 0.926. The minimum Gasteiger partial charge on any atom is -0.494 e. The highest BCUT2D eigenvalue weighted by Crippen LogP contribution is 2.25. The Morgan fingerprint density at radius 2 is 1.68 bits per heavy atom. The van der Waals surface area contributed by atoms with E-state index < -0.39 is 0 Å². The van der Waals surface area contributed by atoms with Gasteiger partial charge in [0.25, 0.3) is 0 Å². The zero-order chi connectivity index (χ0) is 13.5. The van der Waals surface area contributed by atoms with Gasteiger partial charge in [0.1, 0.15) is 5.75 Å². The van der Waals surface area contributed by atoms with Gasteiger partial charge in [-0.05, 0) is 42.3 Å². The van der Waals surface area contributed by atoms with Crippen molar-refractivity contribution in [2.45, 2.75) is 20.4 Å². The molecule has 2 aromatic rings. The molecule has 0 bridgehead atoms. The predicted molar refractivity (Wildman–Crippen MR) is 80.4 cm³/mol. The average Bonchev–Trinajstić information content (AvgIpc) is 2.47. The quantitative estimate of drug-likeness (QED) is 0.846. The van der Waals surface area contributed by atoms with Crippen molar-refractivity contribution in [3.8, 4) is 16.9 Å². The van der Waals surface area contributed by atoms with Crippen molar-refractivity contribution in [3.63, 3.8) is 0 Å². The van der Waals surface area contributed by atoms with Gasteiger partial charge in [0.2, 0.25) is 0 Å². The van der Waals surface area contributed by atoms with Gasteiger partial charge >= 0.3 is 0 Å². The standard InChI is InChI=1S/C17H21NO/c1-3-18-13-15-7-5-6-8-17(15)14-9-11-16(12-10-14)19-4-2/h5-12,18H,3-4,13H2,1-2H3. The molecule has 0 aliphatic carbocycles. The Labute approximate surface area is 115 Å². The van der Waals surface area contributed by atoms with Crippen LogP contribution in [0.3, 0.4) is 0 Å². The molecule has 1 N–H and O–H groups in total. The average molecular weight is 255 g/mol. The first-order chi connectivity index (χ1) is 9.35. The van der Waals surface area contributed by atoms with Crippen molar-refractivity contribution >= 4 is 0 Å². The maximum absolute atomic E-state index is 5.48. The predicted octanol–water partition coefficient (Wildman–Crippen LogP) is 3.86. The van der Waals surface area contributed by atoms with Gasteiger partial charge in [-0.15, -0.1) is 0 Å². The smallest absolute Gasteiger partial charge is 0.119 e. The van der Waals surface area contributed by atoms with E-state index in [2.05, 4.69) is 48.6 Å². The molecular weight excluding hydrogens is 234 g/mol. The van der Waals surface area contributed by atoms with E-state index in [1.54, 1.807) is 0 Å². The van der Waals surface area contributed by atoms with Gasteiger partial charge in [-0.1, -0.05) is 43.3 Å². The fourth-order valence-electron chi connectivity index (χ4n) is 2.11. The van der Waals surface area contributed by atoms with E-state index in [0.717, 1.165) is 18.8 Å². The highest BCUT2D eigenvalue weighted by Gasteiger charge is 2.04. The monoisotopic (exact) mass is 255 g/mol. The maximum atomic E-state index is 5.48. The lowest BCUT2D eigenvalue weighted by atomic mass is 9.99. The number of benzene rings is 2. The lowest BCUT2D eigenvalue weighted by Gasteiger charge is -2.11. The number of nitrogens with one attached hydrogen (secondary N) is 1. The highest BCUT2D eigenvalue weighted by atomic mass is 16.5. The fourth-order valence-corrected chi connectivity index (χ4v) is 2.11. The fraction of sp³-hybridized carbons (Fsp3) is 0.294. The molecule has 0 aromatic heterocycles. The van der Waals surface area contributed by atoms with Gasteiger partial charge in [0.15, 0.2) is 0 Å². The van der Waals surface area contributed by atoms with E-state index >= 15 is 0 Å². The van der Waals surface area contributed by atoms with Crippen LogP contribution >= 0.6 is 0 Å². The van der Waals surface area contributed by atoms with Crippen molar-refractivity contribution in [1.82, 2.24) is 5.32 Å². The van der Waals surface area contributed by atoms with Crippen LogP contribution in [-0.4, -0.2) is 13.2 Å². The molecular formula is C17H21NO. The van der Waals surface area contributed by atoms with Gasteiger partial charge in [0, 0.05) is 6.54 Å². The van der Waals surface area contributed by atoms with Crippen LogP contribution in [0.5, 0.6) is 5.75 Å². The van der Waals surface area contributed by atoms with E-state index in [-0.39, 0.29) is 0 Å². The molecule has 2 nitrogen and oxygen atoms in total. The summed E-state index contributed by atoms with van der Waals surface area (Å²) in [5, 5.41) is 3.38. The second-order valence-corrected chi connectivity index (χ2v) is 4.39. The molecule has 0 aliphatic heterocycles. The summed E-state index contributed by atoms with van der Waals surface area (Å²) in [6, 6.07) is 16.8. The van der Waals surface area contributed by atoms with Crippen LogP contribution in [0.4, 0.5) is 0 Å². The van der Waals surface area contributed by atoms with E-state index in [4.69, 9.17) is 4.74 Å². The Bertz CT molecular complexity index is 505. The summed E-state index contributed by atoms with van der Waals surface area (Å²) in [6.07, 6.45) is 0. The van der Waals surface area contributed by atoms with Crippen molar-refractivity contribution in [3.05, 3.63) is 54.1 Å². The third-order valence-corrected chi connectivity index (χ3v) is 3.06. The number of ether oxygens (including phenoxy) is 1. The van der Waals surface area contributed by atoms with Crippen LogP contribution in [0.1, 0.15) is 19.4 Å². The summed E-state index contributed by atoms with van der Waals surface area (Å²) in [4.78, 5) is 0. The molecule has 2 rings (SSSR count). The minimum absolute atomic E-state index is 0.705. The first-order valence-corrected chi connectivity index (χ1v) is 6.87. The normalized spacial score (nSPS) is 10.4. The number of hydrogen-bond acceptors (Lipinski definition) is 2. The topological polar surface area (TPSA) is 21.3 Å². The summed E-state index contributed by atoms with van der Waals surface area (Å²) in [7, 11) is 0. The van der Waals surface area contributed by atoms with Crippen molar-refractivity contribution in [2.75, 3.05) is 13.2 Å². The second-order valence-electron chi connectivity index (χ2n) is 4.39. The molecule has 0 radical (unpaired) electrons. The van der Waals surface area contributed by atoms with Gasteiger partial charge in [-0.25, -0.2) is 0 Å². The van der Waals surface area contributed by atoms with Gasteiger partial charge in [-0.2, -0.15) is 0 Å². The summed E-state index contributed by atoms with van der Waals surface area (Å²) in [6.45, 7) is 6.72. The molecule has 0 amide bonds. The van der Waals surface area contributed by atoms with Gasteiger partial charge in [-0.3, -0.25) is 0 Å². The lowest BCUT2D eigenvalue weighted by molar-refractivity contribution is 0.340. The molecule has 2 aromatic carbocycles. The van der Waals surface area contributed by atoms with Crippen molar-refractivity contribution < 1.29 is 4.74 Å². The molecule has 100 valence electrons. The Kier molecular flexibility index (Phi) is 4.99. The molecule has 0 heterocycles. The van der Waals surface area contributed by atoms with Crippen LogP contribution in [-0.2, 0) is 6.54 Å². The molecule has 0 saturated heterocycles. The first-order valence-electron chi connectivity index (χ1n) is 6.87. The van der Waals surface area contributed by atoms with Crippen LogP contribution in [0.25, 0.3) is 11.1 Å². The van der Waals surface area contributed by atoms with E-state index in [1.807, 2.05) is 19.1 Å². The molecule has 0 atom stereocenters. The molecule has 0 saturated carbocycles. The Hall–Kier alpha value is -1.80. The van der Waals surface area contributed by atoms with Crippen LogP contribution in [0, 0.1) is 0 Å². The van der Waals surface area contributed by atoms with Crippen molar-refractivity contribution in [1.29, 1.82) is 0 Å². The summed E-state index contributed by atoms with van der Waals surface area (Å²) in [5.41, 5.74) is 3.84. The largest absolute Gasteiger partial charge is 0.494 e. The Balaban J connectivity index is 2.25. The molecule has 19 heavy (non-hydrogen) atoms. The Morgan fingerprint density at radius 3 is 2.37 bits per heavy atom. The minimum atomic E-state index is 0.705. The third kappa shape index (κ3) is 3.58.